The van der Waals surface area contributed by atoms with E-state index >= 15 is 0 Å². The molecule has 0 aliphatic carbocycles. The number of carbonyl (C=O) groups is 3. The van der Waals surface area contributed by atoms with E-state index in [0.29, 0.717) is 18.6 Å². The van der Waals surface area contributed by atoms with E-state index in [2.05, 4.69) is 0 Å². The summed E-state index contributed by atoms with van der Waals surface area (Å²) in [6, 6.07) is 7.23. The van der Waals surface area contributed by atoms with Crippen LogP contribution < -0.4 is 4.74 Å². The Bertz CT molecular complexity index is 750. The largest absolute Gasteiger partial charge is 0.460 e. The van der Waals surface area contributed by atoms with Crippen LogP contribution in [-0.2, 0) is 25.5 Å². The first-order chi connectivity index (χ1) is 17.8. The van der Waals surface area contributed by atoms with E-state index in [4.69, 9.17) is 9.47 Å². The van der Waals surface area contributed by atoms with Crippen molar-refractivity contribution in [2.24, 2.45) is 0 Å². The lowest BCUT2D eigenvalue weighted by atomic mass is 10.0. The van der Waals surface area contributed by atoms with Gasteiger partial charge in [-0.2, -0.15) is 0 Å². The molecule has 0 saturated carbocycles. The summed E-state index contributed by atoms with van der Waals surface area (Å²) in [5, 5.41) is 0. The number of rotatable bonds is 22. The van der Waals surface area contributed by atoms with Gasteiger partial charge < -0.3 is 14.3 Å². The number of benzene rings is 1. The SMILES string of the molecule is CC(C)(C)OC(=O)CCCCCCCCCCCCCCCCCCC(=O)Oc1ccccc1CC=O. The van der Waals surface area contributed by atoms with Gasteiger partial charge in [-0.1, -0.05) is 108 Å². The van der Waals surface area contributed by atoms with Crippen LogP contribution in [0.5, 0.6) is 5.75 Å². The zero-order chi connectivity index (χ0) is 27.2. The molecule has 37 heavy (non-hydrogen) atoms. The van der Waals surface area contributed by atoms with Crippen molar-refractivity contribution in [3.63, 3.8) is 0 Å². The van der Waals surface area contributed by atoms with Crippen molar-refractivity contribution in [1.29, 1.82) is 0 Å². The van der Waals surface area contributed by atoms with Crippen molar-refractivity contribution < 1.29 is 23.9 Å². The lowest BCUT2D eigenvalue weighted by Gasteiger charge is -2.19. The normalized spacial score (nSPS) is 11.3. The van der Waals surface area contributed by atoms with Gasteiger partial charge in [0.05, 0.1) is 0 Å². The molecule has 0 saturated heterocycles. The Labute approximate surface area is 226 Å². The first kappa shape index (κ1) is 32.9. The summed E-state index contributed by atoms with van der Waals surface area (Å²) in [6.45, 7) is 5.75. The second-order valence-corrected chi connectivity index (χ2v) is 11.2. The van der Waals surface area contributed by atoms with Crippen molar-refractivity contribution in [2.75, 3.05) is 0 Å². The lowest BCUT2D eigenvalue weighted by Crippen LogP contribution is -2.23. The summed E-state index contributed by atoms with van der Waals surface area (Å²) in [7, 11) is 0. The smallest absolute Gasteiger partial charge is 0.311 e. The first-order valence-corrected chi connectivity index (χ1v) is 14.8. The number of aldehydes is 1. The van der Waals surface area contributed by atoms with E-state index in [1.807, 2.05) is 39.0 Å². The van der Waals surface area contributed by atoms with Gasteiger partial charge in [-0.05, 0) is 39.7 Å². The molecule has 0 fully saturated rings. The van der Waals surface area contributed by atoms with E-state index in [9.17, 15) is 14.4 Å². The topological polar surface area (TPSA) is 69.7 Å². The Morgan fingerprint density at radius 1 is 0.649 bits per heavy atom. The van der Waals surface area contributed by atoms with Gasteiger partial charge in [0.1, 0.15) is 17.6 Å². The number of unbranched alkanes of at least 4 members (excludes halogenated alkanes) is 15. The molecule has 5 heteroatoms. The molecule has 5 nitrogen and oxygen atoms in total. The molecule has 1 rings (SSSR count). The van der Waals surface area contributed by atoms with Crippen molar-refractivity contribution in [3.8, 4) is 5.75 Å². The monoisotopic (exact) mass is 516 g/mol. The van der Waals surface area contributed by atoms with Crippen LogP contribution >= 0.6 is 0 Å². The number of hydrogen-bond acceptors (Lipinski definition) is 5. The summed E-state index contributed by atoms with van der Waals surface area (Å²) in [5.74, 6) is 0.226. The van der Waals surface area contributed by atoms with E-state index in [1.165, 1.54) is 77.0 Å². The molecule has 1 aromatic carbocycles. The van der Waals surface area contributed by atoms with Crippen LogP contribution in [-0.4, -0.2) is 23.8 Å². The van der Waals surface area contributed by atoms with E-state index in [0.717, 1.165) is 37.5 Å². The van der Waals surface area contributed by atoms with Crippen molar-refractivity contribution >= 4 is 18.2 Å². The van der Waals surface area contributed by atoms with Gasteiger partial charge in [0.15, 0.2) is 0 Å². The van der Waals surface area contributed by atoms with Crippen molar-refractivity contribution in [3.05, 3.63) is 29.8 Å². The Balaban J connectivity index is 1.83. The summed E-state index contributed by atoms with van der Waals surface area (Å²) >= 11 is 0. The van der Waals surface area contributed by atoms with E-state index < -0.39 is 0 Å². The molecule has 0 spiro atoms. The highest BCUT2D eigenvalue weighted by Gasteiger charge is 2.15. The van der Waals surface area contributed by atoms with Crippen LogP contribution in [0.2, 0.25) is 0 Å². The fourth-order valence-corrected chi connectivity index (χ4v) is 4.44. The zero-order valence-electron chi connectivity index (χ0n) is 23.9. The minimum absolute atomic E-state index is 0.0690. The summed E-state index contributed by atoms with van der Waals surface area (Å²) < 4.78 is 10.8. The third kappa shape index (κ3) is 19.6. The van der Waals surface area contributed by atoms with Gasteiger partial charge in [0.25, 0.3) is 0 Å². The van der Waals surface area contributed by atoms with Crippen LogP contribution in [0.15, 0.2) is 24.3 Å². The second-order valence-electron chi connectivity index (χ2n) is 11.2. The summed E-state index contributed by atoms with van der Waals surface area (Å²) in [4.78, 5) is 34.5. The van der Waals surface area contributed by atoms with E-state index in [-0.39, 0.29) is 24.0 Å². The Morgan fingerprint density at radius 2 is 1.05 bits per heavy atom. The van der Waals surface area contributed by atoms with Crippen LogP contribution in [0.4, 0.5) is 0 Å². The number of esters is 2. The molecule has 0 radical (unpaired) electrons. The fourth-order valence-electron chi connectivity index (χ4n) is 4.44. The van der Waals surface area contributed by atoms with Crippen LogP contribution in [0.25, 0.3) is 0 Å². The molecule has 0 heterocycles. The number of carbonyl (C=O) groups excluding carboxylic acids is 3. The molecule has 0 aromatic heterocycles. The maximum absolute atomic E-state index is 12.1. The number of ether oxygens (including phenoxy) is 2. The highest BCUT2D eigenvalue weighted by molar-refractivity contribution is 5.73. The average Bonchev–Trinajstić information content (AvgIpc) is 2.83. The fraction of sp³-hybridized carbons (Fsp3) is 0.719. The molecule has 0 unspecified atom stereocenters. The number of hydrogen-bond donors (Lipinski definition) is 0. The molecule has 1 aromatic rings. The van der Waals surface area contributed by atoms with Crippen molar-refractivity contribution in [2.45, 2.75) is 148 Å². The minimum atomic E-state index is -0.371. The van der Waals surface area contributed by atoms with Gasteiger partial charge in [-0.15, -0.1) is 0 Å². The second kappa shape index (κ2) is 20.8. The predicted molar refractivity (Wildman–Crippen MR) is 151 cm³/mol. The van der Waals surface area contributed by atoms with Gasteiger partial charge >= 0.3 is 11.9 Å². The van der Waals surface area contributed by atoms with Crippen LogP contribution in [0, 0.1) is 0 Å². The molecule has 210 valence electrons. The Kier molecular flexibility index (Phi) is 18.5. The molecule has 0 aliphatic heterocycles. The molecule has 0 amide bonds. The average molecular weight is 517 g/mol. The summed E-state index contributed by atoms with van der Waals surface area (Å²) in [5.41, 5.74) is 0.388. The molecule has 0 atom stereocenters. The molecular formula is C32H52O5. The quantitative estimate of drug-likeness (QED) is 0.0667. The molecular weight excluding hydrogens is 464 g/mol. The van der Waals surface area contributed by atoms with Gasteiger partial charge in [0.2, 0.25) is 0 Å². The van der Waals surface area contributed by atoms with Crippen molar-refractivity contribution in [1.82, 2.24) is 0 Å². The Morgan fingerprint density at radius 3 is 1.49 bits per heavy atom. The highest BCUT2D eigenvalue weighted by Crippen LogP contribution is 2.19. The molecule has 0 aliphatic rings. The standard InChI is InChI=1S/C32H52O5/c1-32(2,3)37-31(35)25-19-17-15-13-11-9-7-5-4-6-8-10-12-14-16-18-24-30(34)36-29-23-21-20-22-28(29)26-27-33/h20-23,27H,4-19,24-26H2,1-3H3. The predicted octanol–water partition coefficient (Wildman–Crippen LogP) is 8.70. The van der Waals surface area contributed by atoms with Crippen LogP contribution in [0.3, 0.4) is 0 Å². The summed E-state index contributed by atoms with van der Waals surface area (Å²) in [6.07, 6.45) is 21.6. The zero-order valence-corrected chi connectivity index (χ0v) is 23.9. The maximum Gasteiger partial charge on any atom is 0.311 e. The third-order valence-corrected chi connectivity index (χ3v) is 6.43. The number of para-hydroxylation sites is 1. The van der Waals surface area contributed by atoms with Crippen LogP contribution in [0.1, 0.15) is 142 Å². The van der Waals surface area contributed by atoms with Gasteiger partial charge in [-0.25, -0.2) is 0 Å². The molecule has 0 N–H and O–H groups in total. The first-order valence-electron chi connectivity index (χ1n) is 14.8. The van der Waals surface area contributed by atoms with Gasteiger partial charge in [0, 0.05) is 24.8 Å². The minimum Gasteiger partial charge on any atom is -0.460 e. The van der Waals surface area contributed by atoms with E-state index in [1.54, 1.807) is 6.07 Å². The highest BCUT2D eigenvalue weighted by atomic mass is 16.6. The maximum atomic E-state index is 12.1. The Hall–Kier alpha value is -2.17. The molecule has 0 bridgehead atoms. The van der Waals surface area contributed by atoms with Gasteiger partial charge in [-0.3, -0.25) is 9.59 Å². The third-order valence-electron chi connectivity index (χ3n) is 6.43. The lowest BCUT2D eigenvalue weighted by molar-refractivity contribution is -0.155.